The highest BCUT2D eigenvalue weighted by Gasteiger charge is 2.25. The number of hydrogen-bond acceptors (Lipinski definition) is 1. The van der Waals surface area contributed by atoms with E-state index in [1.165, 1.54) is 14.0 Å². The van der Waals surface area contributed by atoms with Crippen molar-refractivity contribution in [2.45, 2.75) is 26.6 Å². The standard InChI is InChI=1S/C11H16F2OSi/c1-7-8(14-2)6-9(15(3,4)5)11(13)10(7)12/h6H,1-5H3. The zero-order valence-corrected chi connectivity index (χ0v) is 10.7. The average Bonchev–Trinajstić information content (AvgIpc) is 2.13. The van der Waals surface area contributed by atoms with Crippen molar-refractivity contribution in [3.8, 4) is 5.75 Å². The van der Waals surface area contributed by atoms with Gasteiger partial charge in [0.1, 0.15) is 5.75 Å². The summed E-state index contributed by atoms with van der Waals surface area (Å²) in [5.74, 6) is -1.08. The third-order valence-electron chi connectivity index (χ3n) is 2.43. The van der Waals surface area contributed by atoms with E-state index in [2.05, 4.69) is 0 Å². The predicted molar refractivity (Wildman–Crippen MR) is 60.6 cm³/mol. The Balaban J connectivity index is 3.49. The highest BCUT2D eigenvalue weighted by atomic mass is 28.3. The van der Waals surface area contributed by atoms with Gasteiger partial charge in [-0.2, -0.15) is 0 Å². The lowest BCUT2D eigenvalue weighted by molar-refractivity contribution is 0.402. The number of ether oxygens (including phenoxy) is 1. The van der Waals surface area contributed by atoms with Crippen molar-refractivity contribution in [3.05, 3.63) is 23.3 Å². The summed E-state index contributed by atoms with van der Waals surface area (Å²) in [6, 6.07) is 1.62. The molecule has 15 heavy (non-hydrogen) atoms. The third-order valence-corrected chi connectivity index (χ3v) is 4.41. The van der Waals surface area contributed by atoms with Gasteiger partial charge in [-0.25, -0.2) is 8.78 Å². The van der Waals surface area contributed by atoms with Crippen molar-refractivity contribution in [1.29, 1.82) is 0 Å². The first kappa shape index (κ1) is 12.2. The smallest absolute Gasteiger partial charge is 0.165 e. The number of rotatable bonds is 2. The first-order valence-corrected chi connectivity index (χ1v) is 8.32. The molecule has 0 spiro atoms. The molecule has 0 atom stereocenters. The van der Waals surface area contributed by atoms with Crippen molar-refractivity contribution < 1.29 is 13.5 Å². The van der Waals surface area contributed by atoms with Gasteiger partial charge in [0.15, 0.2) is 11.6 Å². The van der Waals surface area contributed by atoms with E-state index in [1.807, 2.05) is 19.6 Å². The van der Waals surface area contributed by atoms with Crippen LogP contribution >= 0.6 is 0 Å². The molecule has 1 rings (SSSR count). The van der Waals surface area contributed by atoms with Gasteiger partial charge in [-0.15, -0.1) is 0 Å². The van der Waals surface area contributed by atoms with Crippen molar-refractivity contribution in [2.75, 3.05) is 7.11 Å². The minimum Gasteiger partial charge on any atom is -0.496 e. The van der Waals surface area contributed by atoms with Crippen LogP contribution in [0.1, 0.15) is 5.56 Å². The first-order valence-electron chi connectivity index (χ1n) is 4.82. The van der Waals surface area contributed by atoms with Gasteiger partial charge in [-0.1, -0.05) is 19.6 Å². The van der Waals surface area contributed by atoms with Gasteiger partial charge in [0.2, 0.25) is 0 Å². The van der Waals surface area contributed by atoms with E-state index < -0.39 is 19.7 Å². The maximum absolute atomic E-state index is 13.7. The van der Waals surface area contributed by atoms with Crippen molar-refractivity contribution in [1.82, 2.24) is 0 Å². The zero-order valence-electron chi connectivity index (χ0n) is 9.74. The fourth-order valence-electron chi connectivity index (χ4n) is 1.45. The highest BCUT2D eigenvalue weighted by Crippen LogP contribution is 2.23. The van der Waals surface area contributed by atoms with E-state index in [9.17, 15) is 8.78 Å². The van der Waals surface area contributed by atoms with Crippen LogP contribution in [0.3, 0.4) is 0 Å². The van der Waals surface area contributed by atoms with Crippen LogP contribution in [0.4, 0.5) is 8.78 Å². The molecule has 1 aromatic carbocycles. The molecule has 0 aliphatic rings. The Morgan fingerprint density at radius 1 is 1.13 bits per heavy atom. The van der Waals surface area contributed by atoms with Crippen LogP contribution in [0, 0.1) is 18.6 Å². The Morgan fingerprint density at radius 3 is 2.07 bits per heavy atom. The summed E-state index contributed by atoms with van der Waals surface area (Å²) in [4.78, 5) is 0. The summed E-state index contributed by atoms with van der Waals surface area (Å²) in [5.41, 5.74) is 0.233. The molecule has 0 radical (unpaired) electrons. The molecule has 0 amide bonds. The van der Waals surface area contributed by atoms with Gasteiger partial charge < -0.3 is 4.74 Å². The molecule has 0 aliphatic carbocycles. The molecule has 0 unspecified atom stereocenters. The van der Waals surface area contributed by atoms with Crippen LogP contribution in [-0.4, -0.2) is 15.2 Å². The van der Waals surface area contributed by atoms with Crippen LogP contribution in [0.25, 0.3) is 0 Å². The van der Waals surface area contributed by atoms with Gasteiger partial charge in [0.25, 0.3) is 0 Å². The lowest BCUT2D eigenvalue weighted by Crippen LogP contribution is -2.40. The number of halogens is 2. The zero-order chi connectivity index (χ0) is 11.8. The second kappa shape index (κ2) is 3.93. The minimum absolute atomic E-state index is 0.233. The molecule has 1 aromatic rings. The van der Waals surface area contributed by atoms with Gasteiger partial charge in [-0.05, 0) is 18.2 Å². The lowest BCUT2D eigenvalue weighted by atomic mass is 10.2. The largest absolute Gasteiger partial charge is 0.496 e. The molecule has 4 heteroatoms. The van der Waals surface area contributed by atoms with Crippen LogP contribution in [0.5, 0.6) is 5.75 Å². The van der Waals surface area contributed by atoms with E-state index in [-0.39, 0.29) is 5.56 Å². The number of benzene rings is 1. The summed E-state index contributed by atoms with van der Waals surface area (Å²) < 4.78 is 32.2. The van der Waals surface area contributed by atoms with Gasteiger partial charge in [0.05, 0.1) is 15.2 Å². The maximum Gasteiger partial charge on any atom is 0.165 e. The van der Waals surface area contributed by atoms with Gasteiger partial charge >= 0.3 is 0 Å². The summed E-state index contributed by atoms with van der Waals surface area (Å²) in [6.07, 6.45) is 0. The topological polar surface area (TPSA) is 9.23 Å². The molecule has 0 aliphatic heterocycles. The Labute approximate surface area is 90.1 Å². The van der Waals surface area contributed by atoms with E-state index >= 15 is 0 Å². The van der Waals surface area contributed by atoms with Crippen LogP contribution in [0.2, 0.25) is 19.6 Å². The molecule has 0 bridgehead atoms. The lowest BCUT2D eigenvalue weighted by Gasteiger charge is -2.20. The molecule has 0 fully saturated rings. The van der Waals surface area contributed by atoms with E-state index in [0.717, 1.165) is 0 Å². The van der Waals surface area contributed by atoms with E-state index in [0.29, 0.717) is 10.9 Å². The SMILES string of the molecule is COc1cc([Si](C)(C)C)c(F)c(F)c1C. The van der Waals surface area contributed by atoms with Gasteiger partial charge in [-0.3, -0.25) is 0 Å². The van der Waals surface area contributed by atoms with Crippen molar-refractivity contribution in [2.24, 2.45) is 0 Å². The molecule has 0 saturated carbocycles. The second-order valence-electron chi connectivity index (χ2n) is 4.63. The number of methoxy groups -OCH3 is 1. The quantitative estimate of drug-likeness (QED) is 0.710. The molecular weight excluding hydrogens is 214 g/mol. The summed E-state index contributed by atoms with van der Waals surface area (Å²) in [5, 5.41) is 0.474. The predicted octanol–water partition coefficient (Wildman–Crippen LogP) is 2.83. The number of hydrogen-bond donors (Lipinski definition) is 0. The van der Waals surface area contributed by atoms with E-state index in [4.69, 9.17) is 4.74 Å². The average molecular weight is 230 g/mol. The molecular formula is C11H16F2OSi. The third kappa shape index (κ3) is 2.20. The Kier molecular flexibility index (Phi) is 3.18. The Hall–Kier alpha value is -0.903. The van der Waals surface area contributed by atoms with Crippen LogP contribution in [0.15, 0.2) is 6.07 Å². The maximum atomic E-state index is 13.7. The normalized spacial score (nSPS) is 11.7. The molecule has 0 aromatic heterocycles. The molecule has 0 heterocycles. The molecule has 84 valence electrons. The highest BCUT2D eigenvalue weighted by molar-refractivity contribution is 6.88. The molecule has 1 nitrogen and oxygen atoms in total. The van der Waals surface area contributed by atoms with Crippen LogP contribution < -0.4 is 9.92 Å². The molecule has 0 N–H and O–H groups in total. The monoisotopic (exact) mass is 230 g/mol. The fourth-order valence-corrected chi connectivity index (χ4v) is 2.78. The Bertz CT molecular complexity index is 383. The van der Waals surface area contributed by atoms with E-state index in [1.54, 1.807) is 6.07 Å². The summed E-state index contributed by atoms with van der Waals surface area (Å²) in [6.45, 7) is 7.43. The van der Waals surface area contributed by atoms with Crippen molar-refractivity contribution in [3.63, 3.8) is 0 Å². The van der Waals surface area contributed by atoms with Crippen molar-refractivity contribution >= 4 is 13.3 Å². The second-order valence-corrected chi connectivity index (χ2v) is 9.67. The first-order chi connectivity index (χ1) is 6.79. The molecule has 0 saturated heterocycles. The van der Waals surface area contributed by atoms with Crippen LogP contribution in [-0.2, 0) is 0 Å². The van der Waals surface area contributed by atoms with Gasteiger partial charge in [0, 0.05) is 5.56 Å². The summed E-state index contributed by atoms with van der Waals surface area (Å²) in [7, 11) is -0.409. The Morgan fingerprint density at radius 2 is 1.67 bits per heavy atom. The summed E-state index contributed by atoms with van der Waals surface area (Å²) >= 11 is 0. The minimum atomic E-state index is -1.87. The fraction of sp³-hybridized carbons (Fsp3) is 0.455.